The molecule has 176 valence electrons. The van der Waals surface area contributed by atoms with Crippen LogP contribution < -0.4 is 10.6 Å². The van der Waals surface area contributed by atoms with Gasteiger partial charge in [0.1, 0.15) is 11.9 Å². The Bertz CT molecular complexity index is 1000. The first-order valence-electron chi connectivity index (χ1n) is 11.5. The van der Waals surface area contributed by atoms with Crippen molar-refractivity contribution in [1.82, 2.24) is 15.5 Å². The van der Waals surface area contributed by atoms with Crippen molar-refractivity contribution >= 4 is 17.7 Å². The lowest BCUT2D eigenvalue weighted by molar-refractivity contribution is -0.125. The zero-order chi connectivity index (χ0) is 24.0. The van der Waals surface area contributed by atoms with Crippen molar-refractivity contribution in [2.24, 2.45) is 5.92 Å². The van der Waals surface area contributed by atoms with Crippen LogP contribution in [0.25, 0.3) is 0 Å². The quantitative estimate of drug-likeness (QED) is 0.671. The molecule has 0 aliphatic carbocycles. The third kappa shape index (κ3) is 5.97. The third-order valence-electron chi connectivity index (χ3n) is 6.36. The van der Waals surface area contributed by atoms with Gasteiger partial charge in [0.15, 0.2) is 0 Å². The van der Waals surface area contributed by atoms with Crippen LogP contribution in [0.2, 0.25) is 0 Å². The molecular formula is C26H32FN3O3. The highest BCUT2D eigenvalue weighted by Gasteiger charge is 2.35. The normalized spacial score (nSPS) is 16.1. The lowest BCUT2D eigenvalue weighted by Crippen LogP contribution is -2.55. The first-order valence-corrected chi connectivity index (χ1v) is 11.5. The molecule has 3 rings (SSSR count). The van der Waals surface area contributed by atoms with Gasteiger partial charge in [-0.3, -0.25) is 14.4 Å². The van der Waals surface area contributed by atoms with Gasteiger partial charge < -0.3 is 15.5 Å². The fraction of sp³-hybridized carbons (Fsp3) is 0.423. The topological polar surface area (TPSA) is 78.5 Å². The van der Waals surface area contributed by atoms with E-state index in [-0.39, 0.29) is 35.2 Å². The molecule has 1 fully saturated rings. The largest absolute Gasteiger partial charge is 0.352 e. The van der Waals surface area contributed by atoms with E-state index < -0.39 is 11.9 Å². The number of nitrogens with zero attached hydrogens (tertiary/aromatic N) is 1. The minimum atomic E-state index is -0.711. The number of rotatable bonds is 7. The lowest BCUT2D eigenvalue weighted by atomic mass is 9.88. The van der Waals surface area contributed by atoms with Crippen molar-refractivity contribution in [2.75, 3.05) is 13.1 Å². The predicted octanol–water partition coefficient (Wildman–Crippen LogP) is 3.70. The summed E-state index contributed by atoms with van der Waals surface area (Å²) in [6.45, 7) is 6.55. The second-order valence-corrected chi connectivity index (χ2v) is 8.69. The molecule has 2 N–H and O–H groups in total. The van der Waals surface area contributed by atoms with Gasteiger partial charge in [0.25, 0.3) is 11.8 Å². The van der Waals surface area contributed by atoms with Gasteiger partial charge in [-0.25, -0.2) is 4.39 Å². The van der Waals surface area contributed by atoms with Crippen LogP contribution in [0.3, 0.4) is 0 Å². The Kier molecular flexibility index (Phi) is 8.20. The average Bonchev–Trinajstić information content (AvgIpc) is 2.82. The van der Waals surface area contributed by atoms with E-state index in [9.17, 15) is 18.8 Å². The van der Waals surface area contributed by atoms with Crippen LogP contribution >= 0.6 is 0 Å². The summed E-state index contributed by atoms with van der Waals surface area (Å²) in [6.07, 6.45) is 1.85. The predicted molar refractivity (Wildman–Crippen MR) is 125 cm³/mol. The summed E-state index contributed by atoms with van der Waals surface area (Å²) < 4.78 is 14.1. The number of hydrogen-bond donors (Lipinski definition) is 2. The molecule has 0 radical (unpaired) electrons. The molecule has 0 spiro atoms. The van der Waals surface area contributed by atoms with Crippen LogP contribution in [-0.2, 0) is 4.79 Å². The molecule has 1 aliphatic heterocycles. The fourth-order valence-corrected chi connectivity index (χ4v) is 4.12. The number of nitrogens with one attached hydrogen (secondary N) is 2. The first kappa shape index (κ1) is 24.4. The van der Waals surface area contributed by atoms with Crippen LogP contribution in [-0.4, -0.2) is 47.8 Å². The van der Waals surface area contributed by atoms with Crippen molar-refractivity contribution in [2.45, 2.75) is 52.1 Å². The van der Waals surface area contributed by atoms with Crippen molar-refractivity contribution in [1.29, 1.82) is 0 Å². The number of benzene rings is 2. The molecule has 33 heavy (non-hydrogen) atoms. The van der Waals surface area contributed by atoms with E-state index in [1.54, 1.807) is 29.2 Å². The minimum Gasteiger partial charge on any atom is -0.352 e. The van der Waals surface area contributed by atoms with E-state index in [1.807, 2.05) is 32.9 Å². The zero-order valence-electron chi connectivity index (χ0n) is 19.4. The Labute approximate surface area is 194 Å². The van der Waals surface area contributed by atoms with Gasteiger partial charge in [-0.2, -0.15) is 0 Å². The molecule has 1 aliphatic rings. The second kappa shape index (κ2) is 11.1. The van der Waals surface area contributed by atoms with Crippen LogP contribution in [0, 0.1) is 18.7 Å². The van der Waals surface area contributed by atoms with Gasteiger partial charge >= 0.3 is 0 Å². The summed E-state index contributed by atoms with van der Waals surface area (Å²) in [5.74, 6) is -1.53. The maximum absolute atomic E-state index is 14.1. The zero-order valence-corrected chi connectivity index (χ0v) is 19.4. The maximum atomic E-state index is 14.1. The number of piperidine rings is 1. The number of likely N-dealkylation sites (tertiary alicyclic amines) is 1. The van der Waals surface area contributed by atoms with Crippen LogP contribution in [0.1, 0.15) is 59.4 Å². The molecule has 6 nitrogen and oxygen atoms in total. The molecule has 3 amide bonds. The number of carbonyl (C=O) groups excluding carboxylic acids is 3. The number of aryl methyl sites for hydroxylation is 1. The average molecular weight is 454 g/mol. The van der Waals surface area contributed by atoms with E-state index >= 15 is 0 Å². The van der Waals surface area contributed by atoms with Gasteiger partial charge in [-0.15, -0.1) is 0 Å². The van der Waals surface area contributed by atoms with Gasteiger partial charge in [0.05, 0.1) is 5.56 Å². The second-order valence-electron chi connectivity index (χ2n) is 8.69. The Morgan fingerprint density at radius 3 is 2.21 bits per heavy atom. The van der Waals surface area contributed by atoms with Crippen molar-refractivity contribution in [3.8, 4) is 0 Å². The SMILES string of the molecule is CC[C@@H](C)NC(=O)[C@H](NC(=O)c1ccccc1C)C1CCN(C(=O)c2ccccc2F)CC1. The van der Waals surface area contributed by atoms with Gasteiger partial charge in [0, 0.05) is 24.7 Å². The van der Waals surface area contributed by atoms with E-state index in [4.69, 9.17) is 0 Å². The summed E-state index contributed by atoms with van der Waals surface area (Å²) in [6, 6.07) is 12.5. The highest BCUT2D eigenvalue weighted by atomic mass is 19.1. The number of hydrogen-bond acceptors (Lipinski definition) is 3. The van der Waals surface area contributed by atoms with Gasteiger partial charge in [-0.1, -0.05) is 37.3 Å². The molecule has 7 heteroatoms. The molecular weight excluding hydrogens is 421 g/mol. The van der Waals surface area contributed by atoms with Crippen molar-refractivity contribution in [3.05, 3.63) is 71.0 Å². The molecule has 2 aromatic rings. The summed E-state index contributed by atoms with van der Waals surface area (Å²) in [7, 11) is 0. The number of halogens is 1. The summed E-state index contributed by atoms with van der Waals surface area (Å²) in [5.41, 5.74) is 1.42. The molecule has 1 heterocycles. The summed E-state index contributed by atoms with van der Waals surface area (Å²) >= 11 is 0. The van der Waals surface area contributed by atoms with E-state index in [1.165, 1.54) is 12.1 Å². The molecule has 0 saturated carbocycles. The molecule has 0 aromatic heterocycles. The van der Waals surface area contributed by atoms with E-state index in [2.05, 4.69) is 10.6 Å². The summed E-state index contributed by atoms with van der Waals surface area (Å²) in [5, 5.41) is 5.93. The molecule has 0 unspecified atom stereocenters. The van der Waals surface area contributed by atoms with E-state index in [0.717, 1.165) is 12.0 Å². The van der Waals surface area contributed by atoms with Gasteiger partial charge in [-0.05, 0) is 62.8 Å². The Morgan fingerprint density at radius 1 is 1.00 bits per heavy atom. The van der Waals surface area contributed by atoms with Gasteiger partial charge in [0.2, 0.25) is 5.91 Å². The molecule has 2 aromatic carbocycles. The molecule has 1 saturated heterocycles. The Morgan fingerprint density at radius 2 is 1.61 bits per heavy atom. The van der Waals surface area contributed by atoms with Crippen molar-refractivity contribution in [3.63, 3.8) is 0 Å². The van der Waals surface area contributed by atoms with Crippen LogP contribution in [0.5, 0.6) is 0 Å². The maximum Gasteiger partial charge on any atom is 0.256 e. The minimum absolute atomic E-state index is 0.0157. The third-order valence-corrected chi connectivity index (χ3v) is 6.36. The monoisotopic (exact) mass is 453 g/mol. The number of carbonyl (C=O) groups is 3. The highest BCUT2D eigenvalue weighted by molar-refractivity contribution is 5.99. The number of amides is 3. The van der Waals surface area contributed by atoms with E-state index in [0.29, 0.717) is 31.5 Å². The summed E-state index contributed by atoms with van der Waals surface area (Å²) in [4.78, 5) is 40.4. The first-order chi connectivity index (χ1) is 15.8. The smallest absolute Gasteiger partial charge is 0.256 e. The highest BCUT2D eigenvalue weighted by Crippen LogP contribution is 2.24. The molecule has 2 atom stereocenters. The van der Waals surface area contributed by atoms with Crippen LogP contribution in [0.4, 0.5) is 4.39 Å². The standard InChI is InChI=1S/C26H32FN3O3/c1-4-18(3)28-25(32)23(29-24(31)20-10-6-5-9-17(20)2)19-13-15-30(16-14-19)26(33)21-11-7-8-12-22(21)27/h5-12,18-19,23H,4,13-16H2,1-3H3,(H,28,32)(H,29,31)/t18-,23-/m1/s1. The Balaban J connectivity index is 1.72. The fourth-order valence-electron chi connectivity index (χ4n) is 4.12. The lowest BCUT2D eigenvalue weighted by Gasteiger charge is -2.36. The van der Waals surface area contributed by atoms with Crippen molar-refractivity contribution < 1.29 is 18.8 Å². The Hall–Kier alpha value is -3.22. The molecule has 0 bridgehead atoms. The van der Waals surface area contributed by atoms with Crippen LogP contribution in [0.15, 0.2) is 48.5 Å².